The minimum atomic E-state index is -0.184. The molecule has 1 N–H and O–H groups in total. The molecule has 25 heavy (non-hydrogen) atoms. The molecule has 0 spiro atoms. The van der Waals surface area contributed by atoms with Crippen LogP contribution in [0.4, 0.5) is 5.69 Å². The Bertz CT molecular complexity index is 905. The molecular weight excluding hydrogens is 340 g/mol. The van der Waals surface area contributed by atoms with Crippen LogP contribution in [-0.2, 0) is 11.2 Å². The molecule has 0 saturated carbocycles. The number of hydrogen-bond acceptors (Lipinski definition) is 4. The molecule has 1 aromatic heterocycles. The van der Waals surface area contributed by atoms with Crippen LogP contribution in [0, 0.1) is 6.92 Å². The van der Waals surface area contributed by atoms with Gasteiger partial charge in [-0.2, -0.15) is 0 Å². The topological polar surface area (TPSA) is 64.4 Å². The van der Waals surface area contributed by atoms with Gasteiger partial charge < -0.3 is 14.6 Å². The molecule has 0 atom stereocenters. The number of ether oxygens (including phenoxy) is 1. The van der Waals surface area contributed by atoms with Gasteiger partial charge in [-0.3, -0.25) is 4.79 Å². The van der Waals surface area contributed by atoms with Crippen molar-refractivity contribution in [2.24, 2.45) is 0 Å². The van der Waals surface area contributed by atoms with Crippen LogP contribution < -0.4 is 10.1 Å². The van der Waals surface area contributed by atoms with Crippen molar-refractivity contribution in [1.82, 2.24) is 5.16 Å². The Morgan fingerprint density at radius 3 is 2.88 bits per heavy atom. The predicted octanol–water partition coefficient (Wildman–Crippen LogP) is 4.49. The molecule has 0 aliphatic carbocycles. The van der Waals surface area contributed by atoms with Gasteiger partial charge >= 0.3 is 0 Å². The van der Waals surface area contributed by atoms with Crippen molar-refractivity contribution >= 4 is 23.2 Å². The van der Waals surface area contributed by atoms with E-state index in [4.69, 9.17) is 20.9 Å². The van der Waals surface area contributed by atoms with Crippen LogP contribution in [0.25, 0.3) is 11.3 Å². The summed E-state index contributed by atoms with van der Waals surface area (Å²) in [4.78, 5) is 12.2. The molecule has 0 fully saturated rings. The number of carbonyl (C=O) groups is 1. The highest BCUT2D eigenvalue weighted by Crippen LogP contribution is 2.25. The lowest BCUT2D eigenvalue weighted by molar-refractivity contribution is -0.115. The van der Waals surface area contributed by atoms with E-state index >= 15 is 0 Å². The molecular formula is C19H17ClN2O3. The average Bonchev–Trinajstić information content (AvgIpc) is 3.06. The third-order valence-electron chi connectivity index (χ3n) is 3.73. The molecule has 0 saturated heterocycles. The lowest BCUT2D eigenvalue weighted by Crippen LogP contribution is -2.15. The van der Waals surface area contributed by atoms with Gasteiger partial charge in [0.2, 0.25) is 5.91 Å². The first-order valence-corrected chi connectivity index (χ1v) is 8.09. The standard InChI is InChI=1S/C19H17ClN2O3/c1-12-6-7-14(20)9-17(12)21-19(23)11-15-10-18(25-22-15)13-4-3-5-16(8-13)24-2/h3-10H,11H2,1-2H3,(H,21,23). The normalized spacial score (nSPS) is 10.5. The van der Waals surface area contributed by atoms with Crippen LogP contribution in [0.5, 0.6) is 5.75 Å². The first-order valence-electron chi connectivity index (χ1n) is 7.71. The second kappa shape index (κ2) is 7.40. The molecule has 3 rings (SSSR count). The summed E-state index contributed by atoms with van der Waals surface area (Å²) in [6, 6.07) is 14.6. The van der Waals surface area contributed by atoms with Gasteiger partial charge in [-0.15, -0.1) is 0 Å². The fourth-order valence-electron chi connectivity index (χ4n) is 2.40. The summed E-state index contributed by atoms with van der Waals surface area (Å²) in [5, 5.41) is 7.38. The van der Waals surface area contributed by atoms with Crippen molar-refractivity contribution in [2.75, 3.05) is 12.4 Å². The van der Waals surface area contributed by atoms with Crippen molar-refractivity contribution < 1.29 is 14.1 Å². The van der Waals surface area contributed by atoms with Crippen LogP contribution >= 0.6 is 11.6 Å². The van der Waals surface area contributed by atoms with Gasteiger partial charge in [0.1, 0.15) is 5.75 Å². The first kappa shape index (κ1) is 17.0. The molecule has 0 aliphatic heterocycles. The van der Waals surface area contributed by atoms with Gasteiger partial charge in [0, 0.05) is 22.3 Å². The van der Waals surface area contributed by atoms with E-state index in [9.17, 15) is 4.79 Å². The minimum absolute atomic E-state index is 0.111. The number of methoxy groups -OCH3 is 1. The molecule has 0 aliphatic rings. The van der Waals surface area contributed by atoms with Gasteiger partial charge in [-0.05, 0) is 36.8 Å². The number of nitrogens with zero attached hydrogens (tertiary/aromatic N) is 1. The lowest BCUT2D eigenvalue weighted by Gasteiger charge is -2.07. The molecule has 128 valence electrons. The Hall–Kier alpha value is -2.79. The fraction of sp³-hybridized carbons (Fsp3) is 0.158. The summed E-state index contributed by atoms with van der Waals surface area (Å²) >= 11 is 5.97. The second-order valence-electron chi connectivity index (χ2n) is 5.60. The van der Waals surface area contributed by atoms with E-state index in [1.165, 1.54) is 0 Å². The molecule has 0 unspecified atom stereocenters. The number of anilines is 1. The van der Waals surface area contributed by atoms with Gasteiger partial charge in [-0.25, -0.2) is 0 Å². The number of amides is 1. The number of aromatic nitrogens is 1. The van der Waals surface area contributed by atoms with Crippen molar-refractivity contribution in [3.63, 3.8) is 0 Å². The molecule has 1 heterocycles. The molecule has 0 bridgehead atoms. The maximum atomic E-state index is 12.2. The Morgan fingerprint density at radius 1 is 1.24 bits per heavy atom. The molecule has 6 heteroatoms. The number of nitrogens with one attached hydrogen (secondary N) is 1. The largest absolute Gasteiger partial charge is 0.497 e. The van der Waals surface area contributed by atoms with Crippen LogP contribution in [0.3, 0.4) is 0 Å². The lowest BCUT2D eigenvalue weighted by atomic mass is 10.1. The van der Waals surface area contributed by atoms with E-state index in [2.05, 4.69) is 10.5 Å². The predicted molar refractivity (Wildman–Crippen MR) is 97.0 cm³/mol. The number of rotatable bonds is 5. The van der Waals surface area contributed by atoms with Gasteiger partial charge in [0.05, 0.1) is 19.2 Å². The highest BCUT2D eigenvalue weighted by molar-refractivity contribution is 6.31. The quantitative estimate of drug-likeness (QED) is 0.731. The summed E-state index contributed by atoms with van der Waals surface area (Å²) in [7, 11) is 1.60. The van der Waals surface area contributed by atoms with Crippen LogP contribution in [0.15, 0.2) is 53.1 Å². The maximum Gasteiger partial charge on any atom is 0.230 e. The van der Waals surface area contributed by atoms with E-state index in [1.807, 2.05) is 37.3 Å². The van der Waals surface area contributed by atoms with Crippen LogP contribution in [-0.4, -0.2) is 18.2 Å². The highest BCUT2D eigenvalue weighted by atomic mass is 35.5. The van der Waals surface area contributed by atoms with Crippen LogP contribution in [0.1, 0.15) is 11.3 Å². The first-order chi connectivity index (χ1) is 12.0. The van der Waals surface area contributed by atoms with E-state index < -0.39 is 0 Å². The average molecular weight is 357 g/mol. The Kier molecular flexibility index (Phi) is 5.05. The second-order valence-corrected chi connectivity index (χ2v) is 6.04. The number of aryl methyl sites for hydroxylation is 1. The van der Waals surface area contributed by atoms with Gasteiger partial charge in [0.15, 0.2) is 5.76 Å². The molecule has 3 aromatic rings. The number of halogens is 1. The number of benzene rings is 2. The summed E-state index contributed by atoms with van der Waals surface area (Å²) in [5.41, 5.74) is 3.02. The summed E-state index contributed by atoms with van der Waals surface area (Å²) in [5.74, 6) is 1.13. The van der Waals surface area contributed by atoms with Gasteiger partial charge in [0.25, 0.3) is 0 Å². The maximum absolute atomic E-state index is 12.2. The molecule has 5 nitrogen and oxygen atoms in total. The van der Waals surface area contributed by atoms with Crippen LogP contribution in [0.2, 0.25) is 5.02 Å². The zero-order valence-corrected chi connectivity index (χ0v) is 14.6. The number of carbonyl (C=O) groups excluding carboxylic acids is 1. The third kappa shape index (κ3) is 4.19. The Balaban J connectivity index is 1.70. The minimum Gasteiger partial charge on any atom is -0.497 e. The SMILES string of the molecule is COc1cccc(-c2cc(CC(=O)Nc3cc(Cl)ccc3C)no2)c1. The summed E-state index contributed by atoms with van der Waals surface area (Å²) < 4.78 is 10.5. The van der Waals surface area contributed by atoms with Crippen molar-refractivity contribution in [3.05, 3.63) is 64.8 Å². The summed E-state index contributed by atoms with van der Waals surface area (Å²) in [6.07, 6.45) is 0.111. The van der Waals surface area contributed by atoms with Crippen molar-refractivity contribution in [2.45, 2.75) is 13.3 Å². The van der Waals surface area contributed by atoms with E-state index in [0.717, 1.165) is 16.9 Å². The van der Waals surface area contributed by atoms with E-state index in [1.54, 1.807) is 25.3 Å². The monoisotopic (exact) mass is 356 g/mol. The number of hydrogen-bond donors (Lipinski definition) is 1. The zero-order chi connectivity index (χ0) is 17.8. The third-order valence-corrected chi connectivity index (χ3v) is 3.96. The van der Waals surface area contributed by atoms with Crippen molar-refractivity contribution in [1.29, 1.82) is 0 Å². The zero-order valence-electron chi connectivity index (χ0n) is 13.9. The smallest absolute Gasteiger partial charge is 0.230 e. The van der Waals surface area contributed by atoms with E-state index in [0.29, 0.717) is 22.2 Å². The van der Waals surface area contributed by atoms with Gasteiger partial charge in [-0.1, -0.05) is 35.0 Å². The molecule has 0 radical (unpaired) electrons. The van der Waals surface area contributed by atoms with Crippen molar-refractivity contribution in [3.8, 4) is 17.1 Å². The fourth-order valence-corrected chi connectivity index (χ4v) is 2.57. The molecule has 2 aromatic carbocycles. The highest BCUT2D eigenvalue weighted by Gasteiger charge is 2.12. The Labute approximate surface area is 150 Å². The van der Waals surface area contributed by atoms with E-state index in [-0.39, 0.29) is 12.3 Å². The summed E-state index contributed by atoms with van der Waals surface area (Å²) in [6.45, 7) is 1.91. The Morgan fingerprint density at radius 2 is 2.08 bits per heavy atom. The molecule has 1 amide bonds.